The van der Waals surface area contributed by atoms with E-state index in [9.17, 15) is 31.1 Å². The van der Waals surface area contributed by atoms with Gasteiger partial charge in [-0.15, -0.1) is 13.2 Å². The Labute approximate surface area is 217 Å². The molecular weight excluding hydrogens is 532 g/mol. The Hall–Kier alpha value is -3.88. The monoisotopic (exact) mass is 555 g/mol. The number of carbonyl (C=O) groups excluding carboxylic acids is 1. The van der Waals surface area contributed by atoms with Crippen molar-refractivity contribution in [1.82, 2.24) is 29.9 Å². The van der Waals surface area contributed by atoms with Crippen molar-refractivity contribution in [2.45, 2.75) is 63.3 Å². The molecule has 1 atom stereocenters. The van der Waals surface area contributed by atoms with Gasteiger partial charge in [-0.05, 0) is 50.3 Å². The van der Waals surface area contributed by atoms with Crippen molar-refractivity contribution in [1.29, 1.82) is 0 Å². The highest BCUT2D eigenvalue weighted by molar-refractivity contribution is 6.02. The largest absolute Gasteiger partial charge is 0.522 e. The van der Waals surface area contributed by atoms with Gasteiger partial charge in [-0.3, -0.25) is 9.53 Å². The Balaban J connectivity index is 1.32. The molecule has 0 saturated heterocycles. The Kier molecular flexibility index (Phi) is 6.86. The maximum Gasteiger partial charge on any atom is 0.522 e. The zero-order chi connectivity index (χ0) is 27.9. The first-order valence-electron chi connectivity index (χ1n) is 12.1. The SMILES string of the molecule is CC(NC(=O)c1cnn2ccc(-c3c[nH]c4nc(N[C@H]5CC[C@@H](OC(F)(F)F)CC5)ncc34)cc12)C(F)(F)F. The molecule has 15 heteroatoms. The number of aromatic nitrogens is 5. The molecule has 0 radical (unpaired) electrons. The third-order valence-corrected chi connectivity index (χ3v) is 6.66. The lowest BCUT2D eigenvalue weighted by atomic mass is 9.93. The summed E-state index contributed by atoms with van der Waals surface area (Å²) in [7, 11) is 0. The van der Waals surface area contributed by atoms with Crippen molar-refractivity contribution in [3.8, 4) is 11.1 Å². The first kappa shape index (κ1) is 26.7. The van der Waals surface area contributed by atoms with Gasteiger partial charge in [0.05, 0.1) is 23.4 Å². The van der Waals surface area contributed by atoms with Crippen molar-refractivity contribution in [2.24, 2.45) is 0 Å². The molecule has 1 saturated carbocycles. The molecule has 1 aliphatic carbocycles. The van der Waals surface area contributed by atoms with E-state index < -0.39 is 30.6 Å². The lowest BCUT2D eigenvalue weighted by Gasteiger charge is -2.29. The van der Waals surface area contributed by atoms with Crippen LogP contribution < -0.4 is 10.6 Å². The topological polar surface area (TPSA) is 109 Å². The molecule has 9 nitrogen and oxygen atoms in total. The number of anilines is 1. The van der Waals surface area contributed by atoms with Crippen molar-refractivity contribution in [3.05, 3.63) is 42.5 Å². The molecule has 39 heavy (non-hydrogen) atoms. The molecule has 4 aromatic heterocycles. The number of fused-ring (bicyclic) bond motifs is 2. The van der Waals surface area contributed by atoms with Gasteiger partial charge in [-0.25, -0.2) is 9.50 Å². The van der Waals surface area contributed by atoms with Gasteiger partial charge in [-0.1, -0.05) is 0 Å². The fraction of sp³-hybridized carbons (Fsp3) is 0.417. The predicted molar refractivity (Wildman–Crippen MR) is 128 cm³/mol. The average molecular weight is 555 g/mol. The molecule has 1 amide bonds. The van der Waals surface area contributed by atoms with E-state index in [-0.39, 0.29) is 24.4 Å². The number of hydrogen-bond acceptors (Lipinski definition) is 6. The van der Waals surface area contributed by atoms with Crippen LogP contribution in [0.5, 0.6) is 0 Å². The molecule has 0 aliphatic heterocycles. The zero-order valence-electron chi connectivity index (χ0n) is 20.4. The van der Waals surface area contributed by atoms with E-state index in [4.69, 9.17) is 0 Å². The van der Waals surface area contributed by atoms with Crippen LogP contribution in [0.2, 0.25) is 0 Å². The number of rotatable bonds is 6. The van der Waals surface area contributed by atoms with E-state index in [1.807, 2.05) is 5.32 Å². The second-order valence-corrected chi connectivity index (χ2v) is 9.38. The summed E-state index contributed by atoms with van der Waals surface area (Å²) in [5.41, 5.74) is 2.16. The smallest absolute Gasteiger partial charge is 0.351 e. The molecule has 1 aliphatic rings. The number of halogens is 6. The number of hydrogen-bond donors (Lipinski definition) is 3. The van der Waals surface area contributed by atoms with E-state index in [0.29, 0.717) is 46.5 Å². The Bertz CT molecular complexity index is 1490. The lowest BCUT2D eigenvalue weighted by Crippen LogP contribution is -2.43. The molecule has 4 heterocycles. The summed E-state index contributed by atoms with van der Waals surface area (Å²) in [6, 6.07) is 1.24. The molecule has 1 fully saturated rings. The lowest BCUT2D eigenvalue weighted by molar-refractivity contribution is -0.345. The number of alkyl halides is 6. The molecule has 4 aromatic rings. The summed E-state index contributed by atoms with van der Waals surface area (Å²) in [5, 5.41) is 9.81. The van der Waals surface area contributed by atoms with Crippen LogP contribution in [0.4, 0.5) is 32.3 Å². The molecule has 1 unspecified atom stereocenters. The van der Waals surface area contributed by atoms with Crippen molar-refractivity contribution in [3.63, 3.8) is 0 Å². The molecule has 208 valence electrons. The number of aromatic amines is 1. The van der Waals surface area contributed by atoms with E-state index in [2.05, 4.69) is 30.1 Å². The minimum atomic E-state index is -4.65. The van der Waals surface area contributed by atoms with Crippen LogP contribution in [0.3, 0.4) is 0 Å². The van der Waals surface area contributed by atoms with Gasteiger partial charge < -0.3 is 15.6 Å². The van der Waals surface area contributed by atoms with Gasteiger partial charge in [0.15, 0.2) is 0 Å². The molecule has 0 aromatic carbocycles. The number of carbonyl (C=O) groups is 1. The summed E-state index contributed by atoms with van der Waals surface area (Å²) in [5.74, 6) is -0.580. The standard InChI is InChI=1S/C24H23F6N7O2/c1-12(23(25,26)27)34-21(38)18-11-33-37-7-6-13(8-19(18)37)16-9-31-20-17(16)10-32-22(36-20)35-14-2-4-15(5-3-14)39-24(28,29)30/h6-12,14-15H,2-5H2,1H3,(H,34,38)(H2,31,32,35,36)/t12?,14-,15+. The van der Waals surface area contributed by atoms with Gasteiger partial charge in [0.1, 0.15) is 11.7 Å². The summed E-state index contributed by atoms with van der Waals surface area (Å²) in [6.07, 6.45) is -2.54. The van der Waals surface area contributed by atoms with Gasteiger partial charge >= 0.3 is 12.5 Å². The van der Waals surface area contributed by atoms with Crippen molar-refractivity contribution >= 4 is 28.4 Å². The minimum Gasteiger partial charge on any atom is -0.351 e. The summed E-state index contributed by atoms with van der Waals surface area (Å²) >= 11 is 0. The van der Waals surface area contributed by atoms with E-state index >= 15 is 0 Å². The van der Waals surface area contributed by atoms with E-state index in [0.717, 1.165) is 6.92 Å². The fourth-order valence-electron chi connectivity index (χ4n) is 4.59. The molecule has 0 bridgehead atoms. The second kappa shape index (κ2) is 10.0. The molecular formula is C24H23F6N7O2. The normalized spacial score (nSPS) is 19.4. The van der Waals surface area contributed by atoms with Crippen LogP contribution in [-0.4, -0.2) is 61.2 Å². The fourth-order valence-corrected chi connectivity index (χ4v) is 4.59. The van der Waals surface area contributed by atoms with Crippen LogP contribution >= 0.6 is 0 Å². The highest BCUT2D eigenvalue weighted by Crippen LogP contribution is 2.31. The number of nitrogens with one attached hydrogen (secondary N) is 3. The number of H-pyrrole nitrogens is 1. The predicted octanol–water partition coefficient (Wildman–Crippen LogP) is 5.21. The van der Waals surface area contributed by atoms with E-state index in [1.54, 1.807) is 30.7 Å². The third kappa shape index (κ3) is 5.92. The average Bonchev–Trinajstić information content (AvgIpc) is 3.47. The van der Waals surface area contributed by atoms with Gasteiger partial charge in [-0.2, -0.15) is 23.3 Å². The molecule has 3 N–H and O–H groups in total. The summed E-state index contributed by atoms with van der Waals surface area (Å²) < 4.78 is 81.5. The second-order valence-electron chi connectivity index (χ2n) is 9.38. The number of amides is 1. The highest BCUT2D eigenvalue weighted by atomic mass is 19.4. The first-order valence-corrected chi connectivity index (χ1v) is 12.1. The zero-order valence-corrected chi connectivity index (χ0v) is 20.4. The number of pyridine rings is 1. The van der Waals surface area contributed by atoms with Crippen molar-refractivity contribution < 1.29 is 35.9 Å². The first-order chi connectivity index (χ1) is 18.4. The maximum atomic E-state index is 12.9. The van der Waals surface area contributed by atoms with Gasteiger partial charge in [0.25, 0.3) is 5.91 Å². The quantitative estimate of drug-likeness (QED) is 0.282. The van der Waals surface area contributed by atoms with E-state index in [1.165, 1.54) is 10.7 Å². The number of nitrogens with zero attached hydrogens (tertiary/aromatic N) is 4. The Morgan fingerprint density at radius 2 is 1.90 bits per heavy atom. The molecule has 5 rings (SSSR count). The van der Waals surface area contributed by atoms with Crippen LogP contribution in [0, 0.1) is 0 Å². The number of ether oxygens (including phenoxy) is 1. The van der Waals surface area contributed by atoms with Crippen molar-refractivity contribution in [2.75, 3.05) is 5.32 Å². The summed E-state index contributed by atoms with van der Waals surface area (Å²) in [6.45, 7) is 0.859. The Morgan fingerprint density at radius 3 is 2.59 bits per heavy atom. The van der Waals surface area contributed by atoms with Crippen LogP contribution in [0.1, 0.15) is 43.0 Å². The minimum absolute atomic E-state index is 0.00844. The third-order valence-electron chi connectivity index (χ3n) is 6.66. The molecule has 0 spiro atoms. The summed E-state index contributed by atoms with van der Waals surface area (Å²) in [4.78, 5) is 24.4. The van der Waals surface area contributed by atoms with Crippen LogP contribution in [0.25, 0.3) is 27.7 Å². The van der Waals surface area contributed by atoms with Gasteiger partial charge in [0.2, 0.25) is 5.95 Å². The Morgan fingerprint density at radius 1 is 1.15 bits per heavy atom. The van der Waals surface area contributed by atoms with Crippen LogP contribution in [-0.2, 0) is 4.74 Å². The van der Waals surface area contributed by atoms with Crippen LogP contribution in [0.15, 0.2) is 36.9 Å². The van der Waals surface area contributed by atoms with Gasteiger partial charge in [0, 0.05) is 35.6 Å². The maximum absolute atomic E-state index is 12.9. The highest BCUT2D eigenvalue weighted by Gasteiger charge is 2.37.